The predicted molar refractivity (Wildman–Crippen MR) is 69.1 cm³/mol. The Kier molecular flexibility index (Phi) is 3.61. The summed E-state index contributed by atoms with van der Waals surface area (Å²) in [5.41, 5.74) is 6.67. The quantitative estimate of drug-likeness (QED) is 0.798. The number of thioether (sulfide) groups is 1. The molecule has 1 heterocycles. The van der Waals surface area contributed by atoms with Gasteiger partial charge in [-0.1, -0.05) is 11.6 Å². The minimum absolute atomic E-state index is 0.110. The van der Waals surface area contributed by atoms with E-state index in [4.69, 9.17) is 17.3 Å². The summed E-state index contributed by atoms with van der Waals surface area (Å²) >= 11 is 7.64. The number of nitrogens with two attached hydrogens (primary N) is 1. The first kappa shape index (κ1) is 11.6. The van der Waals surface area contributed by atoms with Crippen LogP contribution in [0.2, 0.25) is 5.02 Å². The molecule has 1 amide bonds. The first-order chi connectivity index (χ1) is 7.66. The fraction of sp³-hybridized carbons (Fsp3) is 0.364. The van der Waals surface area contributed by atoms with Gasteiger partial charge in [0.15, 0.2) is 0 Å². The normalized spacial score (nSPS) is 19.7. The summed E-state index contributed by atoms with van der Waals surface area (Å²) in [6, 6.07) is 5.21. The van der Waals surface area contributed by atoms with Crippen LogP contribution < -0.4 is 11.1 Å². The fourth-order valence-corrected chi connectivity index (χ4v) is 2.98. The summed E-state index contributed by atoms with van der Waals surface area (Å²) in [4.78, 5) is 11.9. The van der Waals surface area contributed by atoms with Gasteiger partial charge in [-0.25, -0.2) is 0 Å². The maximum atomic E-state index is 11.9. The molecule has 0 radical (unpaired) electrons. The molecular weight excluding hydrogens is 244 g/mol. The molecule has 1 fully saturated rings. The highest BCUT2D eigenvalue weighted by atomic mass is 35.5. The molecule has 1 unspecified atom stereocenters. The lowest BCUT2D eigenvalue weighted by Crippen LogP contribution is -2.34. The van der Waals surface area contributed by atoms with E-state index in [1.807, 2.05) is 11.8 Å². The molecule has 0 aliphatic carbocycles. The largest absolute Gasteiger partial charge is 0.398 e. The van der Waals surface area contributed by atoms with E-state index in [9.17, 15) is 4.79 Å². The summed E-state index contributed by atoms with van der Waals surface area (Å²) < 4.78 is 0. The molecule has 1 saturated heterocycles. The Bertz CT molecular complexity index is 405. The van der Waals surface area contributed by atoms with Crippen molar-refractivity contribution >= 4 is 35.0 Å². The van der Waals surface area contributed by atoms with Crippen LogP contribution in [0.5, 0.6) is 0 Å². The first-order valence-corrected chi connectivity index (χ1v) is 6.64. The van der Waals surface area contributed by atoms with Crippen LogP contribution in [-0.4, -0.2) is 23.5 Å². The second-order valence-corrected chi connectivity index (χ2v) is 5.35. The van der Waals surface area contributed by atoms with Crippen molar-refractivity contribution in [3.63, 3.8) is 0 Å². The van der Waals surface area contributed by atoms with Gasteiger partial charge in [0, 0.05) is 22.5 Å². The van der Waals surface area contributed by atoms with Gasteiger partial charge in [-0.2, -0.15) is 11.8 Å². The molecule has 1 aromatic carbocycles. The molecule has 1 atom stereocenters. The monoisotopic (exact) mass is 256 g/mol. The van der Waals surface area contributed by atoms with Crippen LogP contribution in [0.3, 0.4) is 0 Å². The average molecular weight is 257 g/mol. The van der Waals surface area contributed by atoms with Gasteiger partial charge in [0.05, 0.1) is 5.56 Å². The zero-order valence-corrected chi connectivity index (χ0v) is 10.3. The summed E-state index contributed by atoms with van der Waals surface area (Å²) in [6.45, 7) is 0. The van der Waals surface area contributed by atoms with Crippen LogP contribution in [0.15, 0.2) is 18.2 Å². The minimum Gasteiger partial charge on any atom is -0.398 e. The van der Waals surface area contributed by atoms with Crippen molar-refractivity contribution in [3.05, 3.63) is 28.8 Å². The number of amides is 1. The van der Waals surface area contributed by atoms with Crippen LogP contribution in [-0.2, 0) is 0 Å². The Morgan fingerprint density at radius 2 is 2.38 bits per heavy atom. The van der Waals surface area contributed by atoms with Crippen LogP contribution in [0.4, 0.5) is 5.69 Å². The number of carbonyl (C=O) groups excluding carboxylic acids is 1. The number of nitrogen functional groups attached to an aromatic ring is 1. The van der Waals surface area contributed by atoms with E-state index < -0.39 is 0 Å². The third-order valence-corrected chi connectivity index (χ3v) is 3.92. The first-order valence-electron chi connectivity index (χ1n) is 5.10. The van der Waals surface area contributed by atoms with Crippen molar-refractivity contribution in [2.75, 3.05) is 17.2 Å². The van der Waals surface area contributed by atoms with Gasteiger partial charge >= 0.3 is 0 Å². The van der Waals surface area contributed by atoms with Crippen molar-refractivity contribution in [2.45, 2.75) is 12.5 Å². The molecule has 16 heavy (non-hydrogen) atoms. The summed E-state index contributed by atoms with van der Waals surface area (Å²) in [5, 5.41) is 3.52. The SMILES string of the molecule is Nc1cc(Cl)ccc1C(=O)NC1CCSC1. The number of halogens is 1. The number of anilines is 1. The lowest BCUT2D eigenvalue weighted by atomic mass is 10.1. The van der Waals surface area contributed by atoms with Gasteiger partial charge in [0.1, 0.15) is 0 Å². The molecule has 3 N–H and O–H groups in total. The molecule has 3 nitrogen and oxygen atoms in total. The van der Waals surface area contributed by atoms with Crippen LogP contribution in [0.25, 0.3) is 0 Å². The molecule has 1 aliphatic heterocycles. The molecule has 5 heteroatoms. The zero-order chi connectivity index (χ0) is 11.5. The summed E-state index contributed by atoms with van der Waals surface area (Å²) in [5.74, 6) is 1.99. The number of nitrogens with one attached hydrogen (secondary N) is 1. The maximum absolute atomic E-state index is 11.9. The Balaban J connectivity index is 2.08. The molecule has 0 bridgehead atoms. The van der Waals surface area contributed by atoms with Crippen LogP contribution >= 0.6 is 23.4 Å². The average Bonchev–Trinajstić information content (AvgIpc) is 2.70. The van der Waals surface area contributed by atoms with Crippen molar-refractivity contribution in [3.8, 4) is 0 Å². The maximum Gasteiger partial charge on any atom is 0.253 e. The molecular formula is C11H13ClN2OS. The Morgan fingerprint density at radius 3 is 3.00 bits per heavy atom. The molecule has 0 aromatic heterocycles. The van der Waals surface area contributed by atoms with Crippen molar-refractivity contribution < 1.29 is 4.79 Å². The van der Waals surface area contributed by atoms with E-state index in [2.05, 4.69) is 5.32 Å². The Labute approximate surface area is 104 Å². The third kappa shape index (κ3) is 2.62. The second-order valence-electron chi connectivity index (χ2n) is 3.77. The van der Waals surface area contributed by atoms with Crippen LogP contribution in [0, 0.1) is 0 Å². The summed E-state index contributed by atoms with van der Waals surface area (Å²) in [7, 11) is 0. The number of benzene rings is 1. The summed E-state index contributed by atoms with van der Waals surface area (Å²) in [6.07, 6.45) is 1.03. The van der Waals surface area contributed by atoms with Gasteiger partial charge in [-0.15, -0.1) is 0 Å². The molecule has 86 valence electrons. The Morgan fingerprint density at radius 1 is 1.56 bits per heavy atom. The molecule has 0 spiro atoms. The second kappa shape index (κ2) is 4.97. The molecule has 0 saturated carbocycles. The van der Waals surface area contributed by atoms with Crippen LogP contribution in [0.1, 0.15) is 16.8 Å². The smallest absolute Gasteiger partial charge is 0.253 e. The molecule has 1 aromatic rings. The van der Waals surface area contributed by atoms with E-state index in [0.717, 1.165) is 17.9 Å². The van der Waals surface area contributed by atoms with E-state index in [1.54, 1.807) is 18.2 Å². The van der Waals surface area contributed by atoms with E-state index in [-0.39, 0.29) is 11.9 Å². The topological polar surface area (TPSA) is 55.1 Å². The zero-order valence-electron chi connectivity index (χ0n) is 8.70. The number of rotatable bonds is 2. The number of hydrogen-bond donors (Lipinski definition) is 2. The van der Waals surface area contributed by atoms with Gasteiger partial charge in [0.2, 0.25) is 0 Å². The number of hydrogen-bond acceptors (Lipinski definition) is 3. The van der Waals surface area contributed by atoms with Crippen molar-refractivity contribution in [1.29, 1.82) is 0 Å². The highest BCUT2D eigenvalue weighted by Crippen LogP contribution is 2.20. The predicted octanol–water partition coefficient (Wildman–Crippen LogP) is 2.16. The van der Waals surface area contributed by atoms with E-state index in [1.165, 1.54) is 0 Å². The Hall–Kier alpha value is -0.870. The van der Waals surface area contributed by atoms with Crippen molar-refractivity contribution in [2.24, 2.45) is 0 Å². The molecule has 1 aliphatic rings. The van der Waals surface area contributed by atoms with E-state index in [0.29, 0.717) is 16.3 Å². The molecule has 2 rings (SSSR count). The lowest BCUT2D eigenvalue weighted by molar-refractivity contribution is 0.0942. The third-order valence-electron chi connectivity index (χ3n) is 2.52. The highest BCUT2D eigenvalue weighted by molar-refractivity contribution is 7.99. The van der Waals surface area contributed by atoms with E-state index >= 15 is 0 Å². The van der Waals surface area contributed by atoms with Gasteiger partial charge in [0.25, 0.3) is 5.91 Å². The lowest BCUT2D eigenvalue weighted by Gasteiger charge is -2.12. The van der Waals surface area contributed by atoms with Gasteiger partial charge in [-0.3, -0.25) is 4.79 Å². The van der Waals surface area contributed by atoms with Gasteiger partial charge in [-0.05, 0) is 30.4 Å². The van der Waals surface area contributed by atoms with Crippen molar-refractivity contribution in [1.82, 2.24) is 5.32 Å². The van der Waals surface area contributed by atoms with Gasteiger partial charge < -0.3 is 11.1 Å². The highest BCUT2D eigenvalue weighted by Gasteiger charge is 2.19. The minimum atomic E-state index is -0.110. The standard InChI is InChI=1S/C11H13ClN2OS/c12-7-1-2-9(10(13)5-7)11(15)14-8-3-4-16-6-8/h1-2,5,8H,3-4,6,13H2,(H,14,15). The number of carbonyl (C=O) groups is 1. The fourth-order valence-electron chi connectivity index (χ4n) is 1.65.